The number of rotatable bonds is 7. The Kier molecular flexibility index (Phi) is 5.74. The number of aromatic nitrogens is 1. The number of likely N-dealkylation sites (tertiary alicyclic amines) is 1. The van der Waals surface area contributed by atoms with Crippen molar-refractivity contribution >= 4 is 15.7 Å². The molecule has 0 aliphatic carbocycles. The SMILES string of the molecule is CCCN1CC[C@@H](c2ccccc2NS(=O)(=O)c2ccccc2-c2ccc[nH]2)C1. The summed E-state index contributed by atoms with van der Waals surface area (Å²) in [4.78, 5) is 5.83. The van der Waals surface area contributed by atoms with Gasteiger partial charge in [0.05, 0.1) is 10.6 Å². The largest absolute Gasteiger partial charge is 0.361 e. The molecule has 1 aliphatic heterocycles. The van der Waals surface area contributed by atoms with Crippen molar-refractivity contribution in [2.24, 2.45) is 0 Å². The Hall–Kier alpha value is -2.57. The fourth-order valence-corrected chi connectivity index (χ4v) is 5.48. The van der Waals surface area contributed by atoms with E-state index in [1.54, 1.807) is 18.3 Å². The highest BCUT2D eigenvalue weighted by atomic mass is 32.2. The topological polar surface area (TPSA) is 65.2 Å². The predicted octanol–water partition coefficient (Wildman–Crippen LogP) is 4.68. The molecule has 0 unspecified atom stereocenters. The Morgan fingerprint density at radius 3 is 2.66 bits per heavy atom. The van der Waals surface area contributed by atoms with Gasteiger partial charge in [-0.05, 0) is 61.7 Å². The first-order chi connectivity index (χ1) is 14.1. The van der Waals surface area contributed by atoms with Gasteiger partial charge in [-0.3, -0.25) is 4.72 Å². The molecule has 3 aromatic rings. The molecular weight excluding hydrogens is 382 g/mol. The van der Waals surface area contributed by atoms with Crippen LogP contribution in [0.3, 0.4) is 0 Å². The minimum Gasteiger partial charge on any atom is -0.361 e. The average Bonchev–Trinajstić information content (AvgIpc) is 3.41. The molecule has 4 rings (SSSR count). The molecule has 0 radical (unpaired) electrons. The Balaban J connectivity index is 1.64. The van der Waals surface area contributed by atoms with Crippen LogP contribution >= 0.6 is 0 Å². The molecule has 0 spiro atoms. The van der Waals surface area contributed by atoms with E-state index in [1.807, 2.05) is 42.5 Å². The van der Waals surface area contributed by atoms with E-state index in [0.29, 0.717) is 17.2 Å². The zero-order valence-electron chi connectivity index (χ0n) is 16.6. The second-order valence-electron chi connectivity index (χ2n) is 7.56. The maximum atomic E-state index is 13.3. The Bertz CT molecular complexity index is 1060. The van der Waals surface area contributed by atoms with E-state index in [9.17, 15) is 8.42 Å². The Labute approximate surface area is 172 Å². The van der Waals surface area contributed by atoms with Crippen molar-refractivity contribution in [3.05, 3.63) is 72.4 Å². The average molecular weight is 410 g/mol. The quantitative estimate of drug-likeness (QED) is 0.595. The summed E-state index contributed by atoms with van der Waals surface area (Å²) in [5.74, 6) is 0.346. The van der Waals surface area contributed by atoms with Gasteiger partial charge < -0.3 is 9.88 Å². The van der Waals surface area contributed by atoms with Crippen LogP contribution in [0.2, 0.25) is 0 Å². The number of hydrogen-bond acceptors (Lipinski definition) is 3. The van der Waals surface area contributed by atoms with E-state index < -0.39 is 10.0 Å². The maximum Gasteiger partial charge on any atom is 0.262 e. The second kappa shape index (κ2) is 8.43. The fourth-order valence-electron chi connectivity index (χ4n) is 4.17. The van der Waals surface area contributed by atoms with Crippen molar-refractivity contribution in [3.63, 3.8) is 0 Å². The van der Waals surface area contributed by atoms with Gasteiger partial charge in [0.2, 0.25) is 0 Å². The third-order valence-corrected chi connectivity index (χ3v) is 6.95. The monoisotopic (exact) mass is 409 g/mol. The van der Waals surface area contributed by atoms with Crippen LogP contribution in [0.1, 0.15) is 31.2 Å². The van der Waals surface area contributed by atoms with Crippen LogP contribution in [-0.4, -0.2) is 37.9 Å². The van der Waals surface area contributed by atoms with E-state index in [1.165, 1.54) is 0 Å². The van der Waals surface area contributed by atoms with Crippen LogP contribution in [0.15, 0.2) is 71.8 Å². The van der Waals surface area contributed by atoms with Gasteiger partial charge >= 0.3 is 0 Å². The van der Waals surface area contributed by atoms with Gasteiger partial charge in [-0.2, -0.15) is 0 Å². The minimum absolute atomic E-state index is 0.274. The van der Waals surface area contributed by atoms with Crippen LogP contribution < -0.4 is 4.72 Å². The molecule has 2 aromatic carbocycles. The molecule has 5 nitrogen and oxygen atoms in total. The number of H-pyrrole nitrogens is 1. The lowest BCUT2D eigenvalue weighted by Gasteiger charge is -2.19. The molecule has 1 aliphatic rings. The van der Waals surface area contributed by atoms with Crippen LogP contribution in [0.4, 0.5) is 5.69 Å². The highest BCUT2D eigenvalue weighted by Gasteiger charge is 2.27. The molecule has 0 bridgehead atoms. The highest BCUT2D eigenvalue weighted by molar-refractivity contribution is 7.92. The van der Waals surface area contributed by atoms with Gasteiger partial charge in [-0.15, -0.1) is 0 Å². The third kappa shape index (κ3) is 4.23. The molecule has 0 amide bonds. The number of para-hydroxylation sites is 1. The van der Waals surface area contributed by atoms with Crippen LogP contribution in [-0.2, 0) is 10.0 Å². The van der Waals surface area contributed by atoms with Gasteiger partial charge in [0.15, 0.2) is 0 Å². The van der Waals surface area contributed by atoms with Gasteiger partial charge in [0.1, 0.15) is 0 Å². The summed E-state index contributed by atoms with van der Waals surface area (Å²) >= 11 is 0. The van der Waals surface area contributed by atoms with Gasteiger partial charge in [0, 0.05) is 24.0 Å². The molecule has 2 heterocycles. The van der Waals surface area contributed by atoms with Crippen molar-refractivity contribution in [3.8, 4) is 11.3 Å². The predicted molar refractivity (Wildman–Crippen MR) is 118 cm³/mol. The van der Waals surface area contributed by atoms with Crippen LogP contribution in [0.5, 0.6) is 0 Å². The number of benzene rings is 2. The molecule has 29 heavy (non-hydrogen) atoms. The third-order valence-electron chi connectivity index (χ3n) is 5.52. The molecule has 1 fully saturated rings. The molecule has 152 valence electrons. The van der Waals surface area contributed by atoms with E-state index in [0.717, 1.165) is 43.7 Å². The summed E-state index contributed by atoms with van der Waals surface area (Å²) in [7, 11) is -3.73. The summed E-state index contributed by atoms with van der Waals surface area (Å²) in [5, 5.41) is 0. The van der Waals surface area contributed by atoms with Crippen LogP contribution in [0.25, 0.3) is 11.3 Å². The zero-order valence-corrected chi connectivity index (χ0v) is 17.5. The van der Waals surface area contributed by atoms with Crippen LogP contribution in [0, 0.1) is 0 Å². The lowest BCUT2D eigenvalue weighted by atomic mass is 9.97. The molecule has 1 aromatic heterocycles. The fraction of sp³-hybridized carbons (Fsp3) is 0.304. The molecule has 2 N–H and O–H groups in total. The molecule has 0 saturated carbocycles. The van der Waals surface area contributed by atoms with Gasteiger partial charge in [-0.1, -0.05) is 43.3 Å². The molecule has 1 saturated heterocycles. The minimum atomic E-state index is -3.73. The summed E-state index contributed by atoms with van der Waals surface area (Å²) in [5.41, 5.74) is 3.20. The standard InChI is InChI=1S/C23H27N3O2S/c1-2-15-26-16-13-18(17-26)19-8-3-5-10-22(19)25-29(27,28)23-12-6-4-9-20(23)21-11-7-14-24-21/h3-12,14,18,24-25H,2,13,15-17H2,1H3/t18-/m1/s1. The maximum absolute atomic E-state index is 13.3. The van der Waals surface area contributed by atoms with E-state index in [4.69, 9.17) is 0 Å². The summed E-state index contributed by atoms with van der Waals surface area (Å²) in [6.45, 7) is 5.33. The molecular formula is C23H27N3O2S. The summed E-state index contributed by atoms with van der Waals surface area (Å²) in [6, 6.07) is 18.6. The summed E-state index contributed by atoms with van der Waals surface area (Å²) < 4.78 is 29.5. The lowest BCUT2D eigenvalue weighted by molar-refractivity contribution is 0.335. The summed E-state index contributed by atoms with van der Waals surface area (Å²) in [6.07, 6.45) is 3.98. The smallest absolute Gasteiger partial charge is 0.262 e. The van der Waals surface area contributed by atoms with E-state index in [-0.39, 0.29) is 4.90 Å². The van der Waals surface area contributed by atoms with E-state index >= 15 is 0 Å². The van der Waals surface area contributed by atoms with Crippen molar-refractivity contribution in [1.29, 1.82) is 0 Å². The van der Waals surface area contributed by atoms with Crippen molar-refractivity contribution in [2.75, 3.05) is 24.4 Å². The van der Waals surface area contributed by atoms with Crippen molar-refractivity contribution in [1.82, 2.24) is 9.88 Å². The molecule has 6 heteroatoms. The Morgan fingerprint density at radius 2 is 1.86 bits per heavy atom. The number of sulfonamides is 1. The molecule has 1 atom stereocenters. The zero-order chi connectivity index (χ0) is 20.3. The van der Waals surface area contributed by atoms with Gasteiger partial charge in [0.25, 0.3) is 10.0 Å². The van der Waals surface area contributed by atoms with Crippen molar-refractivity contribution < 1.29 is 8.42 Å². The van der Waals surface area contributed by atoms with Gasteiger partial charge in [-0.25, -0.2) is 8.42 Å². The normalized spacial score (nSPS) is 17.5. The number of nitrogens with one attached hydrogen (secondary N) is 2. The first-order valence-electron chi connectivity index (χ1n) is 10.2. The number of anilines is 1. The highest BCUT2D eigenvalue weighted by Crippen LogP contribution is 2.34. The lowest BCUT2D eigenvalue weighted by Crippen LogP contribution is -2.21. The van der Waals surface area contributed by atoms with Crippen molar-refractivity contribution in [2.45, 2.75) is 30.6 Å². The first-order valence-corrected chi connectivity index (χ1v) is 11.6. The second-order valence-corrected chi connectivity index (χ2v) is 9.21. The first kappa shape index (κ1) is 19.7. The number of nitrogens with zero attached hydrogens (tertiary/aromatic N) is 1. The van der Waals surface area contributed by atoms with E-state index in [2.05, 4.69) is 27.6 Å². The Morgan fingerprint density at radius 1 is 1.07 bits per heavy atom. The number of hydrogen-bond donors (Lipinski definition) is 2. The number of aromatic amines is 1.